The maximum Gasteiger partial charge on any atom is 0.270 e. The Morgan fingerprint density at radius 2 is 1.04 bits per heavy atom. The fourth-order valence-corrected chi connectivity index (χ4v) is 11.2. The molecule has 0 radical (unpaired) electrons. The first kappa shape index (κ1) is 52.0. The first-order chi connectivity index (χ1) is 34.7. The van der Waals surface area contributed by atoms with Gasteiger partial charge in [0.25, 0.3) is 35.5 Å². The summed E-state index contributed by atoms with van der Waals surface area (Å²) >= 11 is 3.41. The fourth-order valence-electron chi connectivity index (χ4n) is 10.8. The average molecular weight is 1090 g/mol. The van der Waals surface area contributed by atoms with E-state index in [9.17, 15) is 36.7 Å². The fraction of sp³-hybridized carbons (Fsp3) is 0.451. The van der Waals surface area contributed by atoms with Crippen LogP contribution in [0.25, 0.3) is 11.3 Å². The van der Waals surface area contributed by atoms with Gasteiger partial charge in [0.2, 0.25) is 11.8 Å². The zero-order chi connectivity index (χ0) is 51.5. The summed E-state index contributed by atoms with van der Waals surface area (Å²) < 4.78 is 71.1. The van der Waals surface area contributed by atoms with Crippen molar-refractivity contribution in [2.45, 2.75) is 133 Å². The van der Waals surface area contributed by atoms with E-state index in [0.717, 1.165) is 61.5 Å². The second-order valence-corrected chi connectivity index (χ2v) is 21.2. The van der Waals surface area contributed by atoms with Crippen molar-refractivity contribution in [2.75, 3.05) is 0 Å². The SMILES string of the molecule is C.NC(=O)c1cccnc1OC1CC2(CC(NC(=O)c3cnc4cc(Br)ccn34)C2)C1.NC(=O)c1cccnc1OC1CC2(CC(NC(=O)c3cnc4cc(OC5CC(F)(F)C5)ccn34)C2)C1.OC1CC(F)(F)C1. The third kappa shape index (κ3) is 11.1. The third-order valence-electron chi connectivity index (χ3n) is 14.5. The quantitative estimate of drug-likeness (QED) is 0.0761. The van der Waals surface area contributed by atoms with E-state index in [2.05, 4.69) is 46.5 Å². The summed E-state index contributed by atoms with van der Waals surface area (Å²) in [7, 11) is 0. The summed E-state index contributed by atoms with van der Waals surface area (Å²) in [4.78, 5) is 65.4. The van der Waals surface area contributed by atoms with Crippen LogP contribution in [0.2, 0.25) is 0 Å². The number of imidazole rings is 2. The Hall–Kier alpha value is -6.88. The number of amides is 4. The minimum atomic E-state index is -2.64. The number of ether oxygens (including phenoxy) is 3. The molecule has 2 spiro atoms. The molecule has 6 heterocycles. The summed E-state index contributed by atoms with van der Waals surface area (Å²) in [5.41, 5.74) is 13.8. The number of alkyl halides is 4. The molecule has 0 unspecified atom stereocenters. The monoisotopic (exact) mass is 1090 g/mol. The molecule has 7 N–H and O–H groups in total. The molecule has 6 saturated carbocycles. The summed E-state index contributed by atoms with van der Waals surface area (Å²) in [6.07, 6.45) is 14.2. The van der Waals surface area contributed by atoms with E-state index >= 15 is 0 Å². The molecule has 6 aliphatic rings. The summed E-state index contributed by atoms with van der Waals surface area (Å²) in [6, 6.07) is 13.8. The number of aromatic nitrogens is 6. The van der Waals surface area contributed by atoms with E-state index in [-0.39, 0.29) is 91.5 Å². The highest BCUT2D eigenvalue weighted by Gasteiger charge is 2.56. The number of primary amides is 2. The van der Waals surface area contributed by atoms with Crippen LogP contribution in [0.3, 0.4) is 0 Å². The van der Waals surface area contributed by atoms with Crippen molar-refractivity contribution in [2.24, 2.45) is 22.3 Å². The Balaban J connectivity index is 0.000000160. The zero-order valence-corrected chi connectivity index (χ0v) is 40.7. The maximum absolute atomic E-state index is 13.0. The number of carbonyl (C=O) groups excluding carboxylic acids is 4. The highest BCUT2D eigenvalue weighted by Crippen LogP contribution is 2.58. The van der Waals surface area contributed by atoms with Gasteiger partial charge in [-0.3, -0.25) is 28.0 Å². The predicted octanol–water partition coefficient (Wildman–Crippen LogP) is 7.25. The summed E-state index contributed by atoms with van der Waals surface area (Å²) in [6.45, 7) is 0. The van der Waals surface area contributed by atoms with Gasteiger partial charge in [0.1, 0.15) is 57.9 Å². The van der Waals surface area contributed by atoms with Crippen molar-refractivity contribution in [1.82, 2.24) is 39.4 Å². The molecule has 23 heteroatoms. The van der Waals surface area contributed by atoms with Crippen LogP contribution in [-0.2, 0) is 0 Å². The van der Waals surface area contributed by atoms with Gasteiger partial charge in [-0.2, -0.15) is 0 Å². The van der Waals surface area contributed by atoms with Crippen molar-refractivity contribution >= 4 is 50.9 Å². The van der Waals surface area contributed by atoms with Gasteiger partial charge in [-0.15, -0.1) is 0 Å². The number of halogens is 5. The molecule has 0 aliphatic heterocycles. The molecular weight excluding hydrogens is 1040 g/mol. The minimum absolute atomic E-state index is 0. The molecule has 74 heavy (non-hydrogen) atoms. The lowest BCUT2D eigenvalue weighted by molar-refractivity contribution is -0.143. The predicted molar refractivity (Wildman–Crippen MR) is 262 cm³/mol. The number of hydrogen-bond acceptors (Lipinski definition) is 12. The van der Waals surface area contributed by atoms with Crippen molar-refractivity contribution < 1.29 is 56.1 Å². The molecule has 0 saturated heterocycles. The number of nitrogens with one attached hydrogen (secondary N) is 2. The van der Waals surface area contributed by atoms with Crippen molar-refractivity contribution in [3.63, 3.8) is 0 Å². The molecule has 6 aromatic rings. The van der Waals surface area contributed by atoms with E-state index in [1.54, 1.807) is 70.0 Å². The van der Waals surface area contributed by atoms with Gasteiger partial charge in [0, 0.05) is 73.1 Å². The number of aliphatic hydroxyl groups excluding tert-OH is 1. The van der Waals surface area contributed by atoms with Gasteiger partial charge in [0.05, 0.1) is 18.5 Å². The second kappa shape index (κ2) is 20.1. The standard InChI is InChI=1S/C25H25F2N5O4.C21H20BrN5O3.C4H6F2O.CH4/c26-25(27)11-17(12-25)35-15-3-5-32-19(13-30-20(32)6-15)22(34)31-14-7-24(8-14)9-16(10-24)36-23-18(21(28)33)2-1-4-29-23;22-12-3-5-27-16(11-25-17(27)6-12)19(29)26-13-7-21(8-13)9-14(10-21)30-20-15(18(23)28)2-1-4-24-20;5-4(6)1-3(7)2-4;/h1-6,13-14,16-17H,7-12H2,(H2,28,33)(H,31,34);1-6,11,13-14H,7-10H2,(H2,23,28)(H,26,29);3,7H,1-2H2;1H4. The van der Waals surface area contributed by atoms with E-state index in [1.165, 1.54) is 6.20 Å². The van der Waals surface area contributed by atoms with Gasteiger partial charge < -0.3 is 41.4 Å². The molecule has 0 aromatic carbocycles. The number of fused-ring (bicyclic) bond motifs is 2. The van der Waals surface area contributed by atoms with Crippen LogP contribution in [0, 0.1) is 10.8 Å². The number of nitrogens with two attached hydrogens (primary N) is 2. The summed E-state index contributed by atoms with van der Waals surface area (Å²) in [5.74, 6) is -5.63. The number of aliphatic hydroxyl groups is 1. The number of rotatable bonds is 12. The van der Waals surface area contributed by atoms with Crippen molar-refractivity contribution in [3.05, 3.63) is 113 Å². The molecule has 392 valence electrons. The van der Waals surface area contributed by atoms with Crippen LogP contribution < -0.4 is 36.3 Å². The normalized spacial score (nSPS) is 25.8. The van der Waals surface area contributed by atoms with Crippen molar-refractivity contribution in [1.29, 1.82) is 0 Å². The van der Waals surface area contributed by atoms with Gasteiger partial charge in [-0.05, 0) is 105 Å². The van der Waals surface area contributed by atoms with Crippen LogP contribution in [0.15, 0.2) is 90.2 Å². The Kier molecular flexibility index (Phi) is 14.1. The largest absolute Gasteiger partial charge is 0.490 e. The van der Waals surface area contributed by atoms with Crippen LogP contribution in [-0.4, -0.2) is 106 Å². The van der Waals surface area contributed by atoms with Gasteiger partial charge >= 0.3 is 0 Å². The van der Waals surface area contributed by atoms with Crippen molar-refractivity contribution in [3.8, 4) is 17.5 Å². The van der Waals surface area contributed by atoms with Crippen LogP contribution in [0.5, 0.6) is 17.5 Å². The zero-order valence-electron chi connectivity index (χ0n) is 39.1. The topological polar surface area (TPSA) is 253 Å². The average Bonchev–Trinajstić information content (AvgIpc) is 3.89. The molecule has 12 rings (SSSR count). The summed E-state index contributed by atoms with van der Waals surface area (Å²) in [5, 5.41) is 14.5. The highest BCUT2D eigenvalue weighted by atomic mass is 79.9. The smallest absolute Gasteiger partial charge is 0.270 e. The molecule has 4 amide bonds. The molecule has 0 bridgehead atoms. The lowest BCUT2D eigenvalue weighted by Crippen LogP contribution is -2.58. The Morgan fingerprint density at radius 1 is 0.608 bits per heavy atom. The van der Waals surface area contributed by atoms with E-state index in [1.807, 2.05) is 18.3 Å². The molecule has 0 atom stereocenters. The first-order valence-electron chi connectivity index (χ1n) is 23.9. The molecular formula is C51H55BrF4N10O8. The van der Waals surface area contributed by atoms with Crippen LogP contribution >= 0.6 is 15.9 Å². The lowest BCUT2D eigenvalue weighted by atomic mass is 9.53. The number of nitrogens with zero attached hydrogens (tertiary/aromatic N) is 6. The third-order valence-corrected chi connectivity index (χ3v) is 15.0. The lowest BCUT2D eigenvalue weighted by Gasteiger charge is -2.57. The molecule has 6 aromatic heterocycles. The van der Waals surface area contributed by atoms with E-state index in [4.69, 9.17) is 30.8 Å². The van der Waals surface area contributed by atoms with Gasteiger partial charge in [-0.1, -0.05) is 23.4 Å². The molecule has 6 fully saturated rings. The number of hydrogen-bond donors (Lipinski definition) is 5. The minimum Gasteiger partial charge on any atom is -0.490 e. The molecule has 6 aliphatic carbocycles. The highest BCUT2D eigenvalue weighted by molar-refractivity contribution is 9.10. The molecule has 18 nitrogen and oxygen atoms in total. The van der Waals surface area contributed by atoms with Gasteiger partial charge in [0.15, 0.2) is 0 Å². The Labute approximate surface area is 430 Å². The maximum atomic E-state index is 13.0. The van der Waals surface area contributed by atoms with Gasteiger partial charge in [-0.25, -0.2) is 37.5 Å². The van der Waals surface area contributed by atoms with E-state index < -0.39 is 35.9 Å². The Bertz CT molecular complexity index is 3080. The first-order valence-corrected chi connectivity index (χ1v) is 24.7. The second-order valence-electron chi connectivity index (χ2n) is 20.3. The van der Waals surface area contributed by atoms with E-state index in [0.29, 0.717) is 34.2 Å². The number of pyridine rings is 4. The number of carbonyl (C=O) groups is 4. The van der Waals surface area contributed by atoms with Crippen LogP contribution in [0.1, 0.15) is 126 Å². The Morgan fingerprint density at radius 3 is 1.46 bits per heavy atom. The van der Waals surface area contributed by atoms with Crippen LogP contribution in [0.4, 0.5) is 17.6 Å².